The van der Waals surface area contributed by atoms with Crippen molar-refractivity contribution in [3.05, 3.63) is 29.3 Å². The molecule has 3 heteroatoms. The van der Waals surface area contributed by atoms with Crippen LogP contribution in [0.4, 0.5) is 0 Å². The normalized spacial score (nSPS) is 10.9. The number of rotatable bonds is 8. The molecule has 0 N–H and O–H groups in total. The van der Waals surface area contributed by atoms with Crippen LogP contribution in [0.25, 0.3) is 0 Å². The summed E-state index contributed by atoms with van der Waals surface area (Å²) in [6, 6.07) is 6.34. The lowest BCUT2D eigenvalue weighted by Crippen LogP contribution is -2.19. The van der Waals surface area contributed by atoms with Crippen LogP contribution in [0.2, 0.25) is 0 Å². The first-order valence-corrected chi connectivity index (χ1v) is 7.09. The molecule has 102 valence electrons. The van der Waals surface area contributed by atoms with Crippen molar-refractivity contribution in [2.75, 3.05) is 26.6 Å². The van der Waals surface area contributed by atoms with Gasteiger partial charge in [-0.1, -0.05) is 24.1 Å². The third-order valence-corrected chi connectivity index (χ3v) is 3.32. The highest BCUT2D eigenvalue weighted by Gasteiger charge is 2.06. The minimum absolute atomic E-state index is 0.773. The SMILES string of the molecule is COc1ccc(C)cc1CN(C)CCCCCCl. The van der Waals surface area contributed by atoms with Gasteiger partial charge in [0.2, 0.25) is 0 Å². The molecule has 0 aliphatic rings. The smallest absolute Gasteiger partial charge is 0.123 e. The van der Waals surface area contributed by atoms with Gasteiger partial charge in [-0.3, -0.25) is 0 Å². The van der Waals surface area contributed by atoms with Gasteiger partial charge in [0, 0.05) is 18.0 Å². The van der Waals surface area contributed by atoms with Gasteiger partial charge >= 0.3 is 0 Å². The van der Waals surface area contributed by atoms with Crippen molar-refractivity contribution in [2.24, 2.45) is 0 Å². The Hall–Kier alpha value is -0.730. The first-order chi connectivity index (χ1) is 8.67. The zero-order valence-corrected chi connectivity index (χ0v) is 12.5. The lowest BCUT2D eigenvalue weighted by molar-refractivity contribution is 0.310. The average molecular weight is 270 g/mol. The molecular weight excluding hydrogens is 246 g/mol. The van der Waals surface area contributed by atoms with E-state index in [-0.39, 0.29) is 0 Å². The van der Waals surface area contributed by atoms with Crippen LogP contribution in [0, 0.1) is 6.92 Å². The fourth-order valence-electron chi connectivity index (χ4n) is 2.05. The number of benzene rings is 1. The number of hydrogen-bond donors (Lipinski definition) is 0. The van der Waals surface area contributed by atoms with E-state index in [4.69, 9.17) is 16.3 Å². The highest BCUT2D eigenvalue weighted by atomic mass is 35.5. The molecule has 0 bridgehead atoms. The molecule has 0 aliphatic carbocycles. The van der Waals surface area contributed by atoms with E-state index in [0.717, 1.165) is 31.1 Å². The molecule has 1 aromatic rings. The minimum atomic E-state index is 0.773. The van der Waals surface area contributed by atoms with Gasteiger partial charge in [-0.25, -0.2) is 0 Å². The van der Waals surface area contributed by atoms with Gasteiger partial charge in [-0.2, -0.15) is 0 Å². The van der Waals surface area contributed by atoms with Gasteiger partial charge in [-0.05, 0) is 39.4 Å². The quantitative estimate of drug-likeness (QED) is 0.525. The molecule has 18 heavy (non-hydrogen) atoms. The van der Waals surface area contributed by atoms with Crippen LogP contribution >= 0.6 is 11.6 Å². The molecule has 0 saturated heterocycles. The summed E-state index contributed by atoms with van der Waals surface area (Å²) in [6.07, 6.45) is 3.53. The summed E-state index contributed by atoms with van der Waals surface area (Å²) in [5.41, 5.74) is 2.54. The van der Waals surface area contributed by atoms with Gasteiger partial charge in [0.05, 0.1) is 7.11 Å². The van der Waals surface area contributed by atoms with Crippen LogP contribution in [-0.4, -0.2) is 31.5 Å². The Morgan fingerprint density at radius 1 is 1.22 bits per heavy atom. The molecule has 0 unspecified atom stereocenters. The van der Waals surface area contributed by atoms with E-state index in [0.29, 0.717) is 0 Å². The molecule has 1 aromatic carbocycles. The van der Waals surface area contributed by atoms with Crippen molar-refractivity contribution in [2.45, 2.75) is 32.7 Å². The summed E-state index contributed by atoms with van der Waals surface area (Å²) in [6.45, 7) is 4.16. The maximum absolute atomic E-state index is 5.67. The minimum Gasteiger partial charge on any atom is -0.496 e. The maximum atomic E-state index is 5.67. The summed E-state index contributed by atoms with van der Waals surface area (Å²) in [7, 11) is 3.89. The summed E-state index contributed by atoms with van der Waals surface area (Å²) >= 11 is 5.67. The van der Waals surface area contributed by atoms with E-state index in [2.05, 4.69) is 31.0 Å². The van der Waals surface area contributed by atoms with E-state index >= 15 is 0 Å². The van der Waals surface area contributed by atoms with Gasteiger partial charge in [0.15, 0.2) is 0 Å². The number of methoxy groups -OCH3 is 1. The summed E-state index contributed by atoms with van der Waals surface area (Å²) < 4.78 is 5.40. The highest BCUT2D eigenvalue weighted by Crippen LogP contribution is 2.21. The van der Waals surface area contributed by atoms with Crippen molar-refractivity contribution < 1.29 is 4.74 Å². The molecule has 0 saturated carbocycles. The van der Waals surface area contributed by atoms with Crippen molar-refractivity contribution in [3.8, 4) is 5.75 Å². The van der Waals surface area contributed by atoms with Gasteiger partial charge in [0.1, 0.15) is 5.75 Å². The summed E-state index contributed by atoms with van der Waals surface area (Å²) in [5, 5.41) is 0. The first-order valence-electron chi connectivity index (χ1n) is 6.55. The summed E-state index contributed by atoms with van der Waals surface area (Å²) in [4.78, 5) is 2.34. The largest absolute Gasteiger partial charge is 0.496 e. The molecule has 1 rings (SSSR count). The topological polar surface area (TPSA) is 12.5 Å². The van der Waals surface area contributed by atoms with Crippen LogP contribution in [0.3, 0.4) is 0 Å². The zero-order chi connectivity index (χ0) is 13.4. The monoisotopic (exact) mass is 269 g/mol. The van der Waals surface area contributed by atoms with E-state index in [1.54, 1.807) is 7.11 Å². The Labute approximate surface area is 116 Å². The Bertz CT molecular complexity index is 354. The number of aryl methyl sites for hydroxylation is 1. The van der Waals surface area contributed by atoms with Gasteiger partial charge in [0.25, 0.3) is 0 Å². The van der Waals surface area contributed by atoms with E-state index in [9.17, 15) is 0 Å². The van der Waals surface area contributed by atoms with Crippen LogP contribution in [0.1, 0.15) is 30.4 Å². The van der Waals surface area contributed by atoms with Crippen LogP contribution in [0.15, 0.2) is 18.2 Å². The molecule has 0 spiro atoms. The Kier molecular flexibility index (Phi) is 7.14. The van der Waals surface area contributed by atoms with Crippen LogP contribution in [-0.2, 0) is 6.54 Å². The van der Waals surface area contributed by atoms with Gasteiger partial charge in [-0.15, -0.1) is 11.6 Å². The Balaban J connectivity index is 2.47. The fourth-order valence-corrected chi connectivity index (χ4v) is 2.24. The standard InChI is InChI=1S/C15H24ClNO/c1-13-7-8-15(18-3)14(11-13)12-17(2)10-6-4-5-9-16/h7-8,11H,4-6,9-10,12H2,1-3H3. The maximum Gasteiger partial charge on any atom is 0.123 e. The number of nitrogens with zero attached hydrogens (tertiary/aromatic N) is 1. The second kappa shape index (κ2) is 8.39. The van der Waals surface area contributed by atoms with Crippen molar-refractivity contribution in [1.82, 2.24) is 4.90 Å². The molecule has 0 radical (unpaired) electrons. The van der Waals surface area contributed by atoms with E-state index in [1.807, 2.05) is 6.07 Å². The fraction of sp³-hybridized carbons (Fsp3) is 0.600. The van der Waals surface area contributed by atoms with E-state index < -0.39 is 0 Å². The Morgan fingerprint density at radius 2 is 2.00 bits per heavy atom. The number of hydrogen-bond acceptors (Lipinski definition) is 2. The second-order valence-corrected chi connectivity index (χ2v) is 5.18. The zero-order valence-electron chi connectivity index (χ0n) is 11.7. The molecule has 0 fully saturated rings. The van der Waals surface area contributed by atoms with Gasteiger partial charge < -0.3 is 9.64 Å². The number of alkyl halides is 1. The van der Waals surface area contributed by atoms with Crippen LogP contribution in [0.5, 0.6) is 5.75 Å². The predicted octanol–water partition coefficient (Wildman–Crippen LogP) is 3.84. The Morgan fingerprint density at radius 3 is 2.67 bits per heavy atom. The number of ether oxygens (including phenoxy) is 1. The summed E-state index contributed by atoms with van der Waals surface area (Å²) in [5.74, 6) is 1.75. The first kappa shape index (κ1) is 15.3. The van der Waals surface area contributed by atoms with Crippen LogP contribution < -0.4 is 4.74 Å². The molecule has 0 aliphatic heterocycles. The average Bonchev–Trinajstić information content (AvgIpc) is 2.35. The highest BCUT2D eigenvalue weighted by molar-refractivity contribution is 6.17. The predicted molar refractivity (Wildman–Crippen MR) is 78.6 cm³/mol. The van der Waals surface area contributed by atoms with E-state index in [1.165, 1.54) is 24.0 Å². The molecule has 2 nitrogen and oxygen atoms in total. The van der Waals surface area contributed by atoms with Crippen molar-refractivity contribution in [3.63, 3.8) is 0 Å². The lowest BCUT2D eigenvalue weighted by Gasteiger charge is -2.18. The molecule has 0 atom stereocenters. The molecule has 0 amide bonds. The second-order valence-electron chi connectivity index (χ2n) is 4.80. The third kappa shape index (κ3) is 5.28. The third-order valence-electron chi connectivity index (χ3n) is 3.05. The molecule has 0 heterocycles. The van der Waals surface area contributed by atoms with Crippen molar-refractivity contribution in [1.29, 1.82) is 0 Å². The number of unbranched alkanes of at least 4 members (excludes halogenated alkanes) is 2. The number of halogens is 1. The van der Waals surface area contributed by atoms with Crippen molar-refractivity contribution >= 4 is 11.6 Å². The lowest BCUT2D eigenvalue weighted by atomic mass is 10.1. The molecule has 0 aromatic heterocycles. The molecular formula is C15H24ClNO.